The number of rotatable bonds is 1. The highest BCUT2D eigenvalue weighted by Gasteiger charge is 2.18. The van der Waals surface area contributed by atoms with Gasteiger partial charge in [-0.2, -0.15) is 0 Å². The maximum Gasteiger partial charge on any atom is 0.0648 e. The van der Waals surface area contributed by atoms with Gasteiger partial charge in [-0.25, -0.2) is 0 Å². The van der Waals surface area contributed by atoms with Crippen LogP contribution in [0.2, 0.25) is 0 Å². The van der Waals surface area contributed by atoms with Gasteiger partial charge in [0.05, 0.1) is 13.2 Å². The minimum absolute atomic E-state index is 0.0816. The molecule has 0 bridgehead atoms. The van der Waals surface area contributed by atoms with Crippen molar-refractivity contribution < 1.29 is 4.74 Å². The van der Waals surface area contributed by atoms with Crippen molar-refractivity contribution in [2.24, 2.45) is 5.41 Å². The Morgan fingerprint density at radius 1 is 1.78 bits per heavy atom. The van der Waals surface area contributed by atoms with Gasteiger partial charge in [-0.1, -0.05) is 25.2 Å². The Labute approximate surface area is 56.0 Å². The Kier molecular flexibility index (Phi) is 1.72. The first-order chi connectivity index (χ1) is 4.27. The van der Waals surface area contributed by atoms with E-state index in [2.05, 4.69) is 19.6 Å². The molecule has 50 valence electrons. The van der Waals surface area contributed by atoms with Crippen molar-refractivity contribution in [1.29, 1.82) is 0 Å². The van der Waals surface area contributed by atoms with Crippen LogP contribution in [0.3, 0.4) is 0 Å². The molecule has 0 aromatic carbocycles. The highest BCUT2D eigenvalue weighted by Crippen LogP contribution is 2.22. The maximum absolute atomic E-state index is 5.22. The van der Waals surface area contributed by atoms with Gasteiger partial charge < -0.3 is 4.74 Å². The van der Waals surface area contributed by atoms with Gasteiger partial charge in [-0.3, -0.25) is 0 Å². The first-order valence-electron chi connectivity index (χ1n) is 3.16. The SMILES string of the molecule is C=CC1(C)C=CCOC1. The molecule has 0 aromatic rings. The zero-order chi connectivity index (χ0) is 6.74. The summed E-state index contributed by atoms with van der Waals surface area (Å²) in [4.78, 5) is 0. The van der Waals surface area contributed by atoms with Crippen molar-refractivity contribution in [3.05, 3.63) is 24.8 Å². The molecule has 1 rings (SSSR count). The van der Waals surface area contributed by atoms with Crippen LogP contribution >= 0.6 is 0 Å². The Hall–Kier alpha value is -0.560. The highest BCUT2D eigenvalue weighted by molar-refractivity contribution is 5.09. The molecule has 9 heavy (non-hydrogen) atoms. The largest absolute Gasteiger partial charge is 0.376 e. The van der Waals surface area contributed by atoms with E-state index in [1.807, 2.05) is 12.2 Å². The third kappa shape index (κ3) is 1.42. The van der Waals surface area contributed by atoms with Gasteiger partial charge in [0.1, 0.15) is 0 Å². The lowest BCUT2D eigenvalue weighted by Gasteiger charge is -2.24. The minimum Gasteiger partial charge on any atom is -0.376 e. The zero-order valence-corrected chi connectivity index (χ0v) is 5.76. The minimum atomic E-state index is 0.0816. The van der Waals surface area contributed by atoms with E-state index in [4.69, 9.17) is 4.74 Å². The van der Waals surface area contributed by atoms with Gasteiger partial charge >= 0.3 is 0 Å². The predicted molar refractivity (Wildman–Crippen MR) is 38.3 cm³/mol. The lowest BCUT2D eigenvalue weighted by Crippen LogP contribution is -2.21. The van der Waals surface area contributed by atoms with Crippen LogP contribution in [0, 0.1) is 5.41 Å². The third-order valence-corrected chi connectivity index (χ3v) is 1.59. The first-order valence-corrected chi connectivity index (χ1v) is 3.16. The fraction of sp³-hybridized carbons (Fsp3) is 0.500. The van der Waals surface area contributed by atoms with Crippen LogP contribution in [0.4, 0.5) is 0 Å². The van der Waals surface area contributed by atoms with Crippen LogP contribution in [0.25, 0.3) is 0 Å². The van der Waals surface area contributed by atoms with Gasteiger partial charge in [0.15, 0.2) is 0 Å². The van der Waals surface area contributed by atoms with Gasteiger partial charge in [0.25, 0.3) is 0 Å². The highest BCUT2D eigenvalue weighted by atomic mass is 16.5. The summed E-state index contributed by atoms with van der Waals surface area (Å²) < 4.78 is 5.22. The molecule has 0 aliphatic carbocycles. The summed E-state index contributed by atoms with van der Waals surface area (Å²) in [6.07, 6.45) is 6.09. The van der Waals surface area contributed by atoms with Crippen LogP contribution < -0.4 is 0 Å². The standard InChI is InChI=1S/C8H12O/c1-3-8(2)5-4-6-9-7-8/h3-5H,1,6-7H2,2H3. The third-order valence-electron chi connectivity index (χ3n) is 1.59. The van der Waals surface area contributed by atoms with Gasteiger partial charge in [-0.05, 0) is 0 Å². The van der Waals surface area contributed by atoms with Gasteiger partial charge in [-0.15, -0.1) is 6.58 Å². The molecule has 1 aliphatic heterocycles. The molecule has 1 heteroatoms. The molecular formula is C8H12O. The maximum atomic E-state index is 5.22. The molecule has 0 saturated heterocycles. The van der Waals surface area contributed by atoms with E-state index in [1.54, 1.807) is 0 Å². The molecule has 0 amide bonds. The lowest BCUT2D eigenvalue weighted by molar-refractivity contribution is 0.104. The topological polar surface area (TPSA) is 9.23 Å². The molecular weight excluding hydrogens is 112 g/mol. The fourth-order valence-electron chi connectivity index (χ4n) is 0.839. The second-order valence-corrected chi connectivity index (χ2v) is 2.63. The summed E-state index contributed by atoms with van der Waals surface area (Å²) in [6.45, 7) is 7.36. The van der Waals surface area contributed by atoms with Crippen molar-refractivity contribution in [3.8, 4) is 0 Å². The molecule has 0 N–H and O–H groups in total. The second-order valence-electron chi connectivity index (χ2n) is 2.63. The Morgan fingerprint density at radius 3 is 2.89 bits per heavy atom. The summed E-state index contributed by atoms with van der Waals surface area (Å²) in [5, 5.41) is 0. The molecule has 1 aliphatic rings. The van der Waals surface area contributed by atoms with E-state index < -0.39 is 0 Å². The van der Waals surface area contributed by atoms with Crippen LogP contribution in [0.15, 0.2) is 24.8 Å². The van der Waals surface area contributed by atoms with Crippen molar-refractivity contribution >= 4 is 0 Å². The summed E-state index contributed by atoms with van der Waals surface area (Å²) in [7, 11) is 0. The summed E-state index contributed by atoms with van der Waals surface area (Å²) >= 11 is 0. The summed E-state index contributed by atoms with van der Waals surface area (Å²) in [5.41, 5.74) is 0.0816. The van der Waals surface area contributed by atoms with E-state index in [0.29, 0.717) is 0 Å². The quantitative estimate of drug-likeness (QED) is 0.484. The molecule has 1 nitrogen and oxygen atoms in total. The number of hydrogen-bond acceptors (Lipinski definition) is 1. The molecule has 1 unspecified atom stereocenters. The van der Waals surface area contributed by atoms with E-state index in [-0.39, 0.29) is 5.41 Å². The molecule has 0 fully saturated rings. The smallest absolute Gasteiger partial charge is 0.0648 e. The van der Waals surface area contributed by atoms with E-state index >= 15 is 0 Å². The zero-order valence-electron chi connectivity index (χ0n) is 5.76. The molecule has 0 radical (unpaired) electrons. The van der Waals surface area contributed by atoms with Crippen molar-refractivity contribution in [2.45, 2.75) is 6.92 Å². The molecule has 1 atom stereocenters. The summed E-state index contributed by atoms with van der Waals surface area (Å²) in [6, 6.07) is 0. The molecule has 0 saturated carbocycles. The average Bonchev–Trinajstić information content (AvgIpc) is 1.90. The molecule has 0 spiro atoms. The van der Waals surface area contributed by atoms with Crippen LogP contribution in [-0.4, -0.2) is 13.2 Å². The van der Waals surface area contributed by atoms with Crippen LogP contribution in [0.1, 0.15) is 6.92 Å². The normalized spacial score (nSPS) is 34.3. The Morgan fingerprint density at radius 2 is 2.56 bits per heavy atom. The average molecular weight is 124 g/mol. The fourth-order valence-corrected chi connectivity index (χ4v) is 0.839. The van der Waals surface area contributed by atoms with Crippen molar-refractivity contribution in [1.82, 2.24) is 0 Å². The van der Waals surface area contributed by atoms with Gasteiger partial charge in [0, 0.05) is 5.41 Å². The Bertz CT molecular complexity index is 138. The van der Waals surface area contributed by atoms with Crippen molar-refractivity contribution in [2.75, 3.05) is 13.2 Å². The van der Waals surface area contributed by atoms with Gasteiger partial charge in [0.2, 0.25) is 0 Å². The first kappa shape index (κ1) is 6.56. The predicted octanol–water partition coefficient (Wildman–Crippen LogP) is 1.77. The summed E-state index contributed by atoms with van der Waals surface area (Å²) in [5.74, 6) is 0. The van der Waals surface area contributed by atoms with E-state index in [0.717, 1.165) is 13.2 Å². The molecule has 0 aromatic heterocycles. The van der Waals surface area contributed by atoms with Crippen LogP contribution in [0.5, 0.6) is 0 Å². The number of ether oxygens (including phenoxy) is 1. The monoisotopic (exact) mass is 124 g/mol. The van der Waals surface area contributed by atoms with Crippen LogP contribution in [-0.2, 0) is 4.74 Å². The van der Waals surface area contributed by atoms with Crippen molar-refractivity contribution in [3.63, 3.8) is 0 Å². The van der Waals surface area contributed by atoms with E-state index in [1.165, 1.54) is 0 Å². The lowest BCUT2D eigenvalue weighted by atomic mass is 9.90. The van der Waals surface area contributed by atoms with E-state index in [9.17, 15) is 0 Å². The Balaban J connectivity index is 2.67. The second kappa shape index (κ2) is 2.36. The molecule has 1 heterocycles. The number of hydrogen-bond donors (Lipinski definition) is 0.